The number of anilines is 2. The van der Waals surface area contributed by atoms with E-state index in [-0.39, 0.29) is 11.6 Å². The summed E-state index contributed by atoms with van der Waals surface area (Å²) in [7, 11) is -3.27. The number of nitrogens with one attached hydrogen (secondary N) is 1. The molecule has 1 saturated heterocycles. The van der Waals surface area contributed by atoms with Crippen LogP contribution in [-0.4, -0.2) is 37.5 Å². The Bertz CT molecular complexity index is 466. The van der Waals surface area contributed by atoms with E-state index in [9.17, 15) is 8.42 Å². The van der Waals surface area contributed by atoms with E-state index < -0.39 is 10.0 Å². The first-order valence-electron chi connectivity index (χ1n) is 5.70. The standard InChI is InChI=1S/C10H16N4O2S/c1-2-17(15,16)13-9-5-6-10(12-11-9)14-7-3-4-8-14/h5-6H,2-4,7-8H2,1H3,(H,11,13). The predicted octanol–water partition coefficient (Wildman–Crippen LogP) is 0.838. The monoisotopic (exact) mass is 256 g/mol. The molecule has 1 aliphatic heterocycles. The van der Waals surface area contributed by atoms with Crippen LogP contribution in [0.1, 0.15) is 19.8 Å². The molecule has 0 unspecified atom stereocenters. The minimum atomic E-state index is -3.27. The molecule has 0 amide bonds. The van der Waals surface area contributed by atoms with Gasteiger partial charge < -0.3 is 4.90 Å². The van der Waals surface area contributed by atoms with E-state index in [1.165, 1.54) is 12.8 Å². The maximum atomic E-state index is 11.3. The van der Waals surface area contributed by atoms with Crippen LogP contribution in [0.2, 0.25) is 0 Å². The Morgan fingerprint density at radius 1 is 1.29 bits per heavy atom. The van der Waals surface area contributed by atoms with Crippen molar-refractivity contribution >= 4 is 21.7 Å². The fraction of sp³-hybridized carbons (Fsp3) is 0.600. The number of hydrogen-bond donors (Lipinski definition) is 1. The minimum Gasteiger partial charge on any atom is -0.355 e. The summed E-state index contributed by atoms with van der Waals surface area (Å²) in [5, 5.41) is 7.90. The molecule has 0 radical (unpaired) electrons. The van der Waals surface area contributed by atoms with E-state index in [0.29, 0.717) is 0 Å². The SMILES string of the molecule is CCS(=O)(=O)Nc1ccc(N2CCCC2)nn1. The highest BCUT2D eigenvalue weighted by atomic mass is 32.2. The largest absolute Gasteiger partial charge is 0.355 e. The quantitative estimate of drug-likeness (QED) is 0.864. The van der Waals surface area contributed by atoms with Gasteiger partial charge in [0.05, 0.1) is 5.75 Å². The third-order valence-electron chi connectivity index (χ3n) is 2.72. The van der Waals surface area contributed by atoms with Gasteiger partial charge in [-0.1, -0.05) is 0 Å². The third kappa shape index (κ3) is 3.06. The van der Waals surface area contributed by atoms with E-state index in [1.807, 2.05) is 0 Å². The molecule has 0 saturated carbocycles. The molecule has 1 aliphatic rings. The highest BCUT2D eigenvalue weighted by Crippen LogP contribution is 2.17. The van der Waals surface area contributed by atoms with Gasteiger partial charge >= 0.3 is 0 Å². The summed E-state index contributed by atoms with van der Waals surface area (Å²) in [4.78, 5) is 2.14. The fourth-order valence-electron chi connectivity index (χ4n) is 1.73. The molecule has 1 aromatic rings. The van der Waals surface area contributed by atoms with Gasteiger partial charge in [0.1, 0.15) is 0 Å². The van der Waals surface area contributed by atoms with Crippen LogP contribution in [0.15, 0.2) is 12.1 Å². The fourth-order valence-corrected chi connectivity index (χ4v) is 2.30. The van der Waals surface area contributed by atoms with Gasteiger partial charge in [-0.2, -0.15) is 0 Å². The van der Waals surface area contributed by atoms with Crippen molar-refractivity contribution in [1.29, 1.82) is 0 Å². The topological polar surface area (TPSA) is 75.2 Å². The second-order valence-electron chi connectivity index (χ2n) is 3.98. The second kappa shape index (κ2) is 4.87. The molecule has 2 heterocycles. The zero-order chi connectivity index (χ0) is 12.3. The molecule has 1 N–H and O–H groups in total. The lowest BCUT2D eigenvalue weighted by atomic mass is 10.4. The first-order valence-corrected chi connectivity index (χ1v) is 7.35. The van der Waals surface area contributed by atoms with Gasteiger partial charge in [0, 0.05) is 13.1 Å². The Morgan fingerprint density at radius 3 is 2.53 bits per heavy atom. The van der Waals surface area contributed by atoms with Crippen LogP contribution in [0, 0.1) is 0 Å². The number of nitrogens with zero attached hydrogens (tertiary/aromatic N) is 3. The van der Waals surface area contributed by atoms with Crippen LogP contribution in [0.4, 0.5) is 11.6 Å². The molecule has 0 aliphatic carbocycles. The Morgan fingerprint density at radius 2 is 2.00 bits per heavy atom. The molecule has 0 aromatic carbocycles. The number of rotatable bonds is 4. The van der Waals surface area contributed by atoms with Gasteiger partial charge in [-0.3, -0.25) is 4.72 Å². The van der Waals surface area contributed by atoms with E-state index in [2.05, 4.69) is 19.8 Å². The molecular weight excluding hydrogens is 240 g/mol. The molecule has 17 heavy (non-hydrogen) atoms. The molecule has 0 bridgehead atoms. The minimum absolute atomic E-state index is 0.0303. The smallest absolute Gasteiger partial charge is 0.233 e. The van der Waals surface area contributed by atoms with Gasteiger partial charge in [-0.15, -0.1) is 10.2 Å². The molecule has 0 atom stereocenters. The Balaban J connectivity index is 2.07. The van der Waals surface area contributed by atoms with Gasteiger partial charge in [-0.05, 0) is 31.9 Å². The Labute approximate surface area is 101 Å². The van der Waals surface area contributed by atoms with Crippen LogP contribution in [0.5, 0.6) is 0 Å². The number of aromatic nitrogens is 2. The highest BCUT2D eigenvalue weighted by molar-refractivity contribution is 7.92. The van der Waals surface area contributed by atoms with Crippen molar-refractivity contribution in [2.75, 3.05) is 28.5 Å². The van der Waals surface area contributed by atoms with Gasteiger partial charge in [0.15, 0.2) is 11.6 Å². The van der Waals surface area contributed by atoms with Crippen LogP contribution in [0.25, 0.3) is 0 Å². The summed E-state index contributed by atoms with van der Waals surface area (Å²) in [6, 6.07) is 3.44. The molecule has 1 aromatic heterocycles. The zero-order valence-electron chi connectivity index (χ0n) is 9.76. The lowest BCUT2D eigenvalue weighted by Crippen LogP contribution is -2.20. The first kappa shape index (κ1) is 12.1. The molecule has 7 heteroatoms. The van der Waals surface area contributed by atoms with Crippen LogP contribution in [0.3, 0.4) is 0 Å². The van der Waals surface area contributed by atoms with Crippen molar-refractivity contribution in [3.8, 4) is 0 Å². The van der Waals surface area contributed by atoms with Crippen molar-refractivity contribution in [3.63, 3.8) is 0 Å². The average Bonchev–Trinajstić information content (AvgIpc) is 2.83. The van der Waals surface area contributed by atoms with Crippen molar-refractivity contribution in [1.82, 2.24) is 10.2 Å². The van der Waals surface area contributed by atoms with E-state index in [4.69, 9.17) is 0 Å². The number of sulfonamides is 1. The Kier molecular flexibility index (Phi) is 3.46. The lowest BCUT2D eigenvalue weighted by molar-refractivity contribution is 0.602. The molecular formula is C10H16N4O2S. The summed E-state index contributed by atoms with van der Waals surface area (Å²) < 4.78 is 25.0. The molecule has 0 spiro atoms. The van der Waals surface area contributed by atoms with Crippen molar-refractivity contribution in [3.05, 3.63) is 12.1 Å². The lowest BCUT2D eigenvalue weighted by Gasteiger charge is -2.15. The average molecular weight is 256 g/mol. The summed E-state index contributed by atoms with van der Waals surface area (Å²) in [6.45, 7) is 3.57. The van der Waals surface area contributed by atoms with E-state index in [0.717, 1.165) is 18.9 Å². The van der Waals surface area contributed by atoms with Gasteiger partial charge in [0.2, 0.25) is 10.0 Å². The number of hydrogen-bond acceptors (Lipinski definition) is 5. The van der Waals surface area contributed by atoms with Crippen molar-refractivity contribution in [2.45, 2.75) is 19.8 Å². The Hall–Kier alpha value is -1.37. The summed E-state index contributed by atoms with van der Waals surface area (Å²) in [5.41, 5.74) is 0. The first-order chi connectivity index (χ1) is 8.11. The summed E-state index contributed by atoms with van der Waals surface area (Å²) >= 11 is 0. The van der Waals surface area contributed by atoms with Crippen LogP contribution in [-0.2, 0) is 10.0 Å². The van der Waals surface area contributed by atoms with Crippen LogP contribution < -0.4 is 9.62 Å². The van der Waals surface area contributed by atoms with E-state index >= 15 is 0 Å². The third-order valence-corrected chi connectivity index (χ3v) is 4.00. The second-order valence-corrected chi connectivity index (χ2v) is 5.99. The van der Waals surface area contributed by atoms with Gasteiger partial charge in [-0.25, -0.2) is 8.42 Å². The predicted molar refractivity (Wildman–Crippen MR) is 66.6 cm³/mol. The summed E-state index contributed by atoms with van der Waals surface area (Å²) in [6.07, 6.45) is 2.35. The summed E-state index contributed by atoms with van der Waals surface area (Å²) in [5.74, 6) is 1.11. The highest BCUT2D eigenvalue weighted by Gasteiger charge is 2.14. The molecule has 94 valence electrons. The molecule has 6 nitrogen and oxygen atoms in total. The van der Waals surface area contributed by atoms with Gasteiger partial charge in [0.25, 0.3) is 0 Å². The van der Waals surface area contributed by atoms with Crippen molar-refractivity contribution in [2.24, 2.45) is 0 Å². The maximum Gasteiger partial charge on any atom is 0.233 e. The normalized spacial score (nSPS) is 16.2. The van der Waals surface area contributed by atoms with Crippen LogP contribution >= 0.6 is 0 Å². The maximum absolute atomic E-state index is 11.3. The zero-order valence-corrected chi connectivity index (χ0v) is 10.6. The molecule has 1 fully saturated rings. The van der Waals surface area contributed by atoms with Crippen molar-refractivity contribution < 1.29 is 8.42 Å². The van der Waals surface area contributed by atoms with E-state index in [1.54, 1.807) is 19.1 Å². The molecule has 2 rings (SSSR count).